The van der Waals surface area contributed by atoms with Crippen molar-refractivity contribution in [2.75, 3.05) is 12.4 Å². The fourth-order valence-corrected chi connectivity index (χ4v) is 4.57. The van der Waals surface area contributed by atoms with E-state index in [2.05, 4.69) is 46.5 Å². The van der Waals surface area contributed by atoms with Crippen LogP contribution in [0.15, 0.2) is 18.2 Å². The zero-order valence-electron chi connectivity index (χ0n) is 12.0. The molecule has 1 N–H and O–H groups in total. The Labute approximate surface area is 128 Å². The van der Waals surface area contributed by atoms with Crippen molar-refractivity contribution < 1.29 is 0 Å². The normalized spacial score (nSPS) is 28.7. The van der Waals surface area contributed by atoms with Gasteiger partial charge in [-0.3, -0.25) is 0 Å². The van der Waals surface area contributed by atoms with Crippen molar-refractivity contribution in [3.63, 3.8) is 0 Å². The molecule has 2 aromatic rings. The highest BCUT2D eigenvalue weighted by molar-refractivity contribution is 7.19. The molecule has 1 aromatic carbocycles. The van der Waals surface area contributed by atoms with Crippen LogP contribution < -0.4 is 5.32 Å². The van der Waals surface area contributed by atoms with E-state index in [9.17, 15) is 0 Å². The van der Waals surface area contributed by atoms with E-state index in [0.717, 1.165) is 28.0 Å². The lowest BCUT2D eigenvalue weighted by Crippen LogP contribution is -2.44. The van der Waals surface area contributed by atoms with E-state index in [1.807, 2.05) is 0 Å². The minimum atomic E-state index is 0.541. The Hall–Kier alpha value is -1.64. The van der Waals surface area contributed by atoms with Gasteiger partial charge in [0.1, 0.15) is 6.07 Å². The monoisotopic (exact) mass is 298 g/mol. The number of hydrogen-bond acceptors (Lipinski definition) is 5. The number of fused-ring (bicyclic) bond motifs is 3. The number of piperidine rings is 1. The summed E-state index contributed by atoms with van der Waals surface area (Å²) < 4.78 is 1.08. The highest BCUT2D eigenvalue weighted by atomic mass is 32.1. The second-order valence-electron chi connectivity index (χ2n) is 6.18. The predicted molar refractivity (Wildman–Crippen MR) is 85.6 cm³/mol. The molecule has 5 heteroatoms. The molecule has 2 bridgehead atoms. The molecule has 0 amide bonds. The minimum Gasteiger partial charge on any atom is -0.382 e. The third kappa shape index (κ3) is 2.29. The lowest BCUT2D eigenvalue weighted by molar-refractivity contribution is 0.169. The number of nitrogens with one attached hydrogen (secondary N) is 1. The Morgan fingerprint density at radius 3 is 2.81 bits per heavy atom. The maximum atomic E-state index is 8.94. The highest BCUT2D eigenvalue weighted by Crippen LogP contribution is 2.35. The lowest BCUT2D eigenvalue weighted by atomic mass is 9.98. The standard InChI is InChI=1S/C16H18N4S/c1-20-12-3-4-13(20)7-11(6-12)18-10-2-5-15-14(8-10)19-16(9-17)21-15/h2,5,8,11-13,18H,3-4,6-7H2,1H3/t11?,12-,13?/m0/s1. The van der Waals surface area contributed by atoms with Gasteiger partial charge in [0.2, 0.25) is 0 Å². The van der Waals surface area contributed by atoms with Crippen LogP contribution >= 0.6 is 11.3 Å². The number of rotatable bonds is 2. The van der Waals surface area contributed by atoms with E-state index >= 15 is 0 Å². The van der Waals surface area contributed by atoms with Crippen LogP contribution in [0.4, 0.5) is 5.69 Å². The SMILES string of the molecule is CN1C2CC[C@H]1CC(Nc1ccc3sc(C#N)nc3c1)C2. The first kappa shape index (κ1) is 13.1. The third-order valence-corrected chi connectivity index (χ3v) is 5.89. The van der Waals surface area contributed by atoms with Crippen LogP contribution in [-0.2, 0) is 0 Å². The maximum Gasteiger partial charge on any atom is 0.195 e. The predicted octanol–water partition coefficient (Wildman–Crippen LogP) is 3.21. The van der Waals surface area contributed by atoms with Gasteiger partial charge in [0, 0.05) is 23.8 Å². The van der Waals surface area contributed by atoms with Gasteiger partial charge in [-0.1, -0.05) is 0 Å². The fraction of sp³-hybridized carbons (Fsp3) is 0.500. The van der Waals surface area contributed by atoms with Crippen LogP contribution in [0, 0.1) is 11.3 Å². The van der Waals surface area contributed by atoms with E-state index in [4.69, 9.17) is 5.26 Å². The Balaban J connectivity index is 1.53. The maximum absolute atomic E-state index is 8.94. The lowest BCUT2D eigenvalue weighted by Gasteiger charge is -2.37. The van der Waals surface area contributed by atoms with Crippen molar-refractivity contribution in [1.29, 1.82) is 5.26 Å². The van der Waals surface area contributed by atoms with Crippen molar-refractivity contribution in [3.8, 4) is 6.07 Å². The quantitative estimate of drug-likeness (QED) is 0.925. The smallest absolute Gasteiger partial charge is 0.195 e. The minimum absolute atomic E-state index is 0.541. The number of nitrogens with zero attached hydrogens (tertiary/aromatic N) is 3. The largest absolute Gasteiger partial charge is 0.382 e. The summed E-state index contributed by atoms with van der Waals surface area (Å²) in [6.07, 6.45) is 5.14. The summed E-state index contributed by atoms with van der Waals surface area (Å²) in [6.45, 7) is 0. The molecular formula is C16H18N4S. The molecule has 4 nitrogen and oxygen atoms in total. The summed E-state index contributed by atoms with van der Waals surface area (Å²) >= 11 is 1.46. The number of hydrogen-bond donors (Lipinski definition) is 1. The summed E-state index contributed by atoms with van der Waals surface area (Å²) in [5, 5.41) is 13.2. The molecule has 4 rings (SSSR count). The summed E-state index contributed by atoms with van der Waals surface area (Å²) in [5.41, 5.74) is 2.06. The topological polar surface area (TPSA) is 52.0 Å². The van der Waals surface area contributed by atoms with Gasteiger partial charge in [0.15, 0.2) is 5.01 Å². The van der Waals surface area contributed by atoms with Gasteiger partial charge in [-0.2, -0.15) is 5.26 Å². The van der Waals surface area contributed by atoms with Crippen molar-refractivity contribution in [1.82, 2.24) is 9.88 Å². The van der Waals surface area contributed by atoms with Crippen molar-refractivity contribution >= 4 is 27.2 Å². The van der Waals surface area contributed by atoms with Gasteiger partial charge in [-0.15, -0.1) is 11.3 Å². The Morgan fingerprint density at radius 2 is 2.10 bits per heavy atom. The van der Waals surface area contributed by atoms with Gasteiger partial charge in [-0.05, 0) is 50.9 Å². The Bertz CT molecular complexity index is 703. The van der Waals surface area contributed by atoms with Crippen LogP contribution in [0.5, 0.6) is 0 Å². The molecule has 21 heavy (non-hydrogen) atoms. The van der Waals surface area contributed by atoms with Crippen LogP contribution in [0.25, 0.3) is 10.2 Å². The zero-order chi connectivity index (χ0) is 14.4. The average molecular weight is 298 g/mol. The third-order valence-electron chi connectivity index (χ3n) is 4.95. The first-order chi connectivity index (χ1) is 10.2. The van der Waals surface area contributed by atoms with Crippen molar-refractivity contribution in [2.24, 2.45) is 0 Å². The molecule has 2 fully saturated rings. The molecule has 2 aliphatic heterocycles. The molecule has 108 valence electrons. The van der Waals surface area contributed by atoms with Gasteiger partial charge in [0.25, 0.3) is 0 Å². The molecular weight excluding hydrogens is 280 g/mol. The first-order valence-electron chi connectivity index (χ1n) is 7.52. The number of thiazole rings is 1. The van der Waals surface area contributed by atoms with Gasteiger partial charge in [-0.25, -0.2) is 4.98 Å². The molecule has 2 saturated heterocycles. The number of nitriles is 1. The summed E-state index contributed by atoms with van der Waals surface area (Å²) in [4.78, 5) is 6.90. The molecule has 2 aliphatic rings. The van der Waals surface area contributed by atoms with E-state index in [1.165, 1.54) is 37.0 Å². The second-order valence-corrected chi connectivity index (χ2v) is 7.21. The number of aromatic nitrogens is 1. The van der Waals surface area contributed by atoms with E-state index in [0.29, 0.717) is 11.0 Å². The van der Waals surface area contributed by atoms with Crippen LogP contribution in [0.2, 0.25) is 0 Å². The van der Waals surface area contributed by atoms with E-state index < -0.39 is 0 Å². The average Bonchev–Trinajstić information content (AvgIpc) is 2.96. The summed E-state index contributed by atoms with van der Waals surface area (Å²) in [6, 6.07) is 10.4. The molecule has 3 heterocycles. The van der Waals surface area contributed by atoms with Gasteiger partial charge < -0.3 is 10.2 Å². The summed E-state index contributed by atoms with van der Waals surface area (Å²) in [5.74, 6) is 0. The van der Waals surface area contributed by atoms with Gasteiger partial charge in [0.05, 0.1) is 10.2 Å². The van der Waals surface area contributed by atoms with Crippen molar-refractivity contribution in [3.05, 3.63) is 23.2 Å². The zero-order valence-corrected chi connectivity index (χ0v) is 12.9. The molecule has 2 unspecified atom stereocenters. The van der Waals surface area contributed by atoms with Crippen LogP contribution in [0.3, 0.4) is 0 Å². The number of anilines is 1. The molecule has 0 saturated carbocycles. The molecule has 0 spiro atoms. The number of benzene rings is 1. The van der Waals surface area contributed by atoms with E-state index in [-0.39, 0.29) is 0 Å². The van der Waals surface area contributed by atoms with Crippen LogP contribution in [-0.4, -0.2) is 35.1 Å². The first-order valence-corrected chi connectivity index (χ1v) is 8.34. The molecule has 3 atom stereocenters. The van der Waals surface area contributed by atoms with E-state index in [1.54, 1.807) is 0 Å². The Morgan fingerprint density at radius 1 is 1.33 bits per heavy atom. The molecule has 0 aliphatic carbocycles. The fourth-order valence-electron chi connectivity index (χ4n) is 3.83. The Kier molecular flexibility index (Phi) is 3.09. The summed E-state index contributed by atoms with van der Waals surface area (Å²) in [7, 11) is 2.27. The molecule has 1 aromatic heterocycles. The second kappa shape index (κ2) is 4.97. The van der Waals surface area contributed by atoms with Gasteiger partial charge >= 0.3 is 0 Å². The van der Waals surface area contributed by atoms with Crippen molar-refractivity contribution in [2.45, 2.75) is 43.8 Å². The highest BCUT2D eigenvalue weighted by Gasteiger charge is 2.38. The van der Waals surface area contributed by atoms with Crippen LogP contribution in [0.1, 0.15) is 30.7 Å². The molecule has 0 radical (unpaired) electrons.